The van der Waals surface area contributed by atoms with Crippen molar-refractivity contribution in [1.29, 1.82) is 0 Å². The van der Waals surface area contributed by atoms with Crippen molar-refractivity contribution in [3.8, 4) is 0 Å². The van der Waals surface area contributed by atoms with Crippen molar-refractivity contribution in [3.05, 3.63) is 23.9 Å². The van der Waals surface area contributed by atoms with Crippen LogP contribution in [0.1, 0.15) is 24.2 Å². The van der Waals surface area contributed by atoms with Crippen LogP contribution in [-0.4, -0.2) is 41.7 Å². The van der Waals surface area contributed by atoms with Crippen LogP contribution in [0.3, 0.4) is 0 Å². The number of carbonyl (C=O) groups excluding carboxylic acids is 1. The van der Waals surface area contributed by atoms with Crippen molar-refractivity contribution in [2.75, 3.05) is 25.1 Å². The number of esters is 1. The van der Waals surface area contributed by atoms with Gasteiger partial charge in [-0.15, -0.1) is 0 Å². The number of ether oxygens (including phenoxy) is 1. The van der Waals surface area contributed by atoms with E-state index in [2.05, 4.69) is 23.7 Å². The smallest absolute Gasteiger partial charge is 0.341 e. The van der Waals surface area contributed by atoms with Crippen LogP contribution >= 0.6 is 11.8 Å². The van der Waals surface area contributed by atoms with Gasteiger partial charge in [0, 0.05) is 29.8 Å². The molecule has 0 N–H and O–H groups in total. The summed E-state index contributed by atoms with van der Waals surface area (Å²) in [5.74, 6) is 0.417. The Kier molecular flexibility index (Phi) is 4.11. The Morgan fingerprint density at radius 1 is 1.44 bits per heavy atom. The number of methoxy groups -OCH3 is 1. The van der Waals surface area contributed by atoms with Gasteiger partial charge in [0.15, 0.2) is 0 Å². The van der Waals surface area contributed by atoms with E-state index in [1.165, 1.54) is 7.11 Å². The number of rotatable bonds is 2. The number of pyridine rings is 1. The first-order valence-corrected chi connectivity index (χ1v) is 7.00. The number of thioether (sulfide) groups is 1. The predicted octanol–water partition coefficient (Wildman–Crippen LogP) is 2.20. The molecule has 1 fully saturated rings. The Hall–Kier alpha value is -1.23. The quantitative estimate of drug-likeness (QED) is 0.768. The molecule has 1 aliphatic heterocycles. The lowest BCUT2D eigenvalue weighted by Gasteiger charge is -2.36. The molecule has 2 rings (SSSR count). The van der Waals surface area contributed by atoms with E-state index in [-0.39, 0.29) is 5.97 Å². The van der Waals surface area contributed by atoms with Crippen LogP contribution in [0.5, 0.6) is 0 Å². The summed E-state index contributed by atoms with van der Waals surface area (Å²) in [7, 11) is 1.40. The molecule has 1 aromatic rings. The monoisotopic (exact) mass is 266 g/mol. The predicted molar refractivity (Wildman–Crippen MR) is 74.3 cm³/mol. The van der Waals surface area contributed by atoms with Crippen molar-refractivity contribution in [2.45, 2.75) is 24.3 Å². The zero-order valence-corrected chi connectivity index (χ0v) is 11.7. The Balaban J connectivity index is 2.29. The molecule has 0 bridgehead atoms. The molecule has 2 heterocycles. The lowest BCUT2D eigenvalue weighted by molar-refractivity contribution is 0.0601. The van der Waals surface area contributed by atoms with E-state index in [0.29, 0.717) is 16.1 Å². The Morgan fingerprint density at radius 3 is 2.72 bits per heavy atom. The van der Waals surface area contributed by atoms with E-state index < -0.39 is 0 Å². The van der Waals surface area contributed by atoms with Crippen LogP contribution in [0, 0.1) is 0 Å². The van der Waals surface area contributed by atoms with E-state index in [1.54, 1.807) is 18.3 Å². The van der Waals surface area contributed by atoms with E-state index in [9.17, 15) is 4.79 Å². The molecule has 2 atom stereocenters. The van der Waals surface area contributed by atoms with E-state index in [0.717, 1.165) is 18.9 Å². The second-order valence-corrected chi connectivity index (χ2v) is 6.41. The number of carbonyl (C=O) groups is 1. The van der Waals surface area contributed by atoms with Crippen molar-refractivity contribution in [3.63, 3.8) is 0 Å². The normalized spacial score (nSPS) is 23.8. The van der Waals surface area contributed by atoms with Crippen molar-refractivity contribution < 1.29 is 9.53 Å². The second-order valence-electron chi connectivity index (χ2n) is 4.53. The number of hydrogen-bond donors (Lipinski definition) is 0. The summed E-state index contributed by atoms with van der Waals surface area (Å²) in [6.07, 6.45) is 1.72. The Morgan fingerprint density at radius 2 is 2.11 bits per heavy atom. The third-order valence-electron chi connectivity index (χ3n) is 2.91. The van der Waals surface area contributed by atoms with Crippen molar-refractivity contribution >= 4 is 23.5 Å². The summed E-state index contributed by atoms with van der Waals surface area (Å²) in [6.45, 7) is 6.23. The molecule has 0 radical (unpaired) electrons. The van der Waals surface area contributed by atoms with Crippen LogP contribution in [-0.2, 0) is 4.74 Å². The molecule has 1 aromatic heterocycles. The summed E-state index contributed by atoms with van der Waals surface area (Å²) in [5, 5.41) is 1.09. The van der Waals surface area contributed by atoms with Gasteiger partial charge in [-0.1, -0.05) is 13.8 Å². The van der Waals surface area contributed by atoms with Crippen LogP contribution in [0.2, 0.25) is 0 Å². The number of hydrogen-bond acceptors (Lipinski definition) is 5. The highest BCUT2D eigenvalue weighted by atomic mass is 32.2. The van der Waals surface area contributed by atoms with Crippen molar-refractivity contribution in [1.82, 2.24) is 4.98 Å². The zero-order valence-electron chi connectivity index (χ0n) is 10.9. The topological polar surface area (TPSA) is 42.4 Å². The molecule has 0 unspecified atom stereocenters. The lowest BCUT2D eigenvalue weighted by atomic mass is 10.2. The van der Waals surface area contributed by atoms with E-state index in [4.69, 9.17) is 4.74 Å². The van der Waals surface area contributed by atoms with Crippen LogP contribution in [0.4, 0.5) is 5.82 Å². The minimum atomic E-state index is -0.323. The Bertz CT molecular complexity index is 429. The maximum atomic E-state index is 11.7. The third kappa shape index (κ3) is 2.77. The molecule has 98 valence electrons. The van der Waals surface area contributed by atoms with E-state index >= 15 is 0 Å². The molecule has 4 nitrogen and oxygen atoms in total. The highest BCUT2D eigenvalue weighted by Gasteiger charge is 2.26. The highest BCUT2D eigenvalue weighted by molar-refractivity contribution is 8.00. The maximum absolute atomic E-state index is 11.7. The largest absolute Gasteiger partial charge is 0.465 e. The first-order chi connectivity index (χ1) is 8.61. The molecule has 5 heteroatoms. The summed E-state index contributed by atoms with van der Waals surface area (Å²) >= 11 is 1.97. The minimum absolute atomic E-state index is 0.323. The third-order valence-corrected chi connectivity index (χ3v) is 4.14. The average molecular weight is 266 g/mol. The van der Waals surface area contributed by atoms with Gasteiger partial charge in [0.05, 0.1) is 7.11 Å². The minimum Gasteiger partial charge on any atom is -0.465 e. The highest BCUT2D eigenvalue weighted by Crippen LogP contribution is 2.29. The van der Waals surface area contributed by atoms with Gasteiger partial charge in [-0.2, -0.15) is 11.8 Å². The SMILES string of the molecule is COC(=O)c1cccnc1N1C[C@H](C)S[C@@H](C)C1. The Labute approximate surface area is 112 Å². The lowest BCUT2D eigenvalue weighted by Crippen LogP contribution is -2.41. The fourth-order valence-electron chi connectivity index (χ4n) is 2.27. The number of aromatic nitrogens is 1. The van der Waals surface area contributed by atoms with Gasteiger partial charge in [-0.25, -0.2) is 9.78 Å². The number of nitrogens with zero attached hydrogens (tertiary/aromatic N) is 2. The molecule has 0 amide bonds. The molecule has 0 aromatic carbocycles. The summed E-state index contributed by atoms with van der Waals surface area (Å²) in [4.78, 5) is 18.3. The fraction of sp³-hybridized carbons (Fsp3) is 0.538. The van der Waals surface area contributed by atoms with E-state index in [1.807, 2.05) is 11.8 Å². The van der Waals surface area contributed by atoms with Gasteiger partial charge in [0.1, 0.15) is 11.4 Å². The zero-order chi connectivity index (χ0) is 13.1. The maximum Gasteiger partial charge on any atom is 0.341 e. The van der Waals surface area contributed by atoms with Crippen molar-refractivity contribution in [2.24, 2.45) is 0 Å². The van der Waals surface area contributed by atoms with Crippen LogP contribution in [0.25, 0.3) is 0 Å². The summed E-state index contributed by atoms with van der Waals surface area (Å²) < 4.78 is 4.81. The molecular formula is C13H18N2O2S. The van der Waals surface area contributed by atoms with Gasteiger partial charge in [-0.05, 0) is 12.1 Å². The standard InChI is InChI=1S/C13H18N2O2S/c1-9-7-15(8-10(2)18-9)12-11(13(16)17-3)5-4-6-14-12/h4-6,9-10H,7-8H2,1-3H3/t9-,10-/m0/s1. The number of anilines is 1. The molecule has 0 spiro atoms. The van der Waals surface area contributed by atoms with Gasteiger partial charge >= 0.3 is 5.97 Å². The molecule has 0 aliphatic carbocycles. The van der Waals surface area contributed by atoms with Gasteiger partial charge in [0.25, 0.3) is 0 Å². The summed E-state index contributed by atoms with van der Waals surface area (Å²) in [5.41, 5.74) is 0.548. The first-order valence-electron chi connectivity index (χ1n) is 6.05. The van der Waals surface area contributed by atoms with Gasteiger partial charge in [0.2, 0.25) is 0 Å². The van der Waals surface area contributed by atoms with Crippen LogP contribution in [0.15, 0.2) is 18.3 Å². The first kappa shape index (κ1) is 13.2. The van der Waals surface area contributed by atoms with Gasteiger partial charge in [-0.3, -0.25) is 0 Å². The molecule has 1 saturated heterocycles. The molecule has 18 heavy (non-hydrogen) atoms. The molecule has 1 aliphatic rings. The summed E-state index contributed by atoms with van der Waals surface area (Å²) in [6, 6.07) is 3.53. The average Bonchev–Trinajstić information content (AvgIpc) is 2.36. The fourth-order valence-corrected chi connectivity index (χ4v) is 3.59. The van der Waals surface area contributed by atoms with Crippen LogP contribution < -0.4 is 4.90 Å². The van der Waals surface area contributed by atoms with Gasteiger partial charge < -0.3 is 9.64 Å². The second kappa shape index (κ2) is 5.61. The molecule has 0 saturated carbocycles. The molecular weight excluding hydrogens is 248 g/mol.